The molecule has 0 aliphatic heterocycles. The van der Waals surface area contributed by atoms with Gasteiger partial charge in [0.15, 0.2) is 0 Å². The predicted octanol–water partition coefficient (Wildman–Crippen LogP) is 5.32. The molecule has 28 heavy (non-hydrogen) atoms. The van der Waals surface area contributed by atoms with Crippen molar-refractivity contribution in [1.29, 1.82) is 0 Å². The van der Waals surface area contributed by atoms with E-state index >= 15 is 0 Å². The van der Waals surface area contributed by atoms with Crippen LogP contribution in [-0.2, 0) is 4.57 Å². The second-order valence-electron chi connectivity index (χ2n) is 7.23. The van der Waals surface area contributed by atoms with Crippen LogP contribution in [0.5, 0.6) is 11.5 Å². The zero-order chi connectivity index (χ0) is 21.1. The molecule has 6 heteroatoms. The number of benzene rings is 2. The van der Waals surface area contributed by atoms with Crippen molar-refractivity contribution in [1.82, 2.24) is 0 Å². The predicted molar refractivity (Wildman–Crippen MR) is 111 cm³/mol. The first kappa shape index (κ1) is 21.9. The number of rotatable bonds is 8. The van der Waals surface area contributed by atoms with E-state index in [0.717, 1.165) is 0 Å². The lowest BCUT2D eigenvalue weighted by atomic mass is 10.0. The molecule has 2 aromatic carbocycles. The SMILES string of the molecule is COc1cccc(OC)c1C(=O)P(=O)(CC(C)C)C(=O)c1c(C)cccc1C. The lowest BCUT2D eigenvalue weighted by molar-refractivity contribution is 0.103. The quantitative estimate of drug-likeness (QED) is 0.559. The van der Waals surface area contributed by atoms with Crippen LogP contribution in [0.15, 0.2) is 36.4 Å². The molecule has 0 bridgehead atoms. The molecule has 0 saturated carbocycles. The molecular weight excluding hydrogens is 375 g/mol. The average molecular weight is 402 g/mol. The van der Waals surface area contributed by atoms with E-state index in [1.165, 1.54) is 14.2 Å². The number of ether oxygens (including phenoxy) is 2. The van der Waals surface area contributed by atoms with Crippen molar-refractivity contribution in [3.05, 3.63) is 58.7 Å². The maximum atomic E-state index is 14.1. The number of hydrogen-bond donors (Lipinski definition) is 0. The molecule has 150 valence electrons. The van der Waals surface area contributed by atoms with Crippen LogP contribution in [-0.4, -0.2) is 31.4 Å². The Morgan fingerprint density at radius 1 is 0.857 bits per heavy atom. The molecule has 1 atom stereocenters. The Bertz CT molecular complexity index is 903. The van der Waals surface area contributed by atoms with Crippen LogP contribution < -0.4 is 9.47 Å². The van der Waals surface area contributed by atoms with Crippen LogP contribution >= 0.6 is 7.14 Å². The van der Waals surface area contributed by atoms with E-state index in [0.29, 0.717) is 16.7 Å². The molecule has 0 saturated heterocycles. The Morgan fingerprint density at radius 2 is 1.29 bits per heavy atom. The van der Waals surface area contributed by atoms with E-state index in [1.54, 1.807) is 44.2 Å². The third-order valence-corrected chi connectivity index (χ3v) is 7.62. The van der Waals surface area contributed by atoms with Crippen molar-refractivity contribution in [2.45, 2.75) is 27.7 Å². The topological polar surface area (TPSA) is 69.7 Å². The summed E-state index contributed by atoms with van der Waals surface area (Å²) in [5.74, 6) is 0.369. The Balaban J connectivity index is 2.72. The Hall–Kier alpha value is -2.39. The van der Waals surface area contributed by atoms with Crippen molar-refractivity contribution in [3.8, 4) is 11.5 Å². The summed E-state index contributed by atoms with van der Waals surface area (Å²) in [6.07, 6.45) is -0.0142. The van der Waals surface area contributed by atoms with Crippen LogP contribution in [0.4, 0.5) is 0 Å². The number of hydrogen-bond acceptors (Lipinski definition) is 5. The Kier molecular flexibility index (Phi) is 6.84. The van der Waals surface area contributed by atoms with Gasteiger partial charge in [0.1, 0.15) is 17.1 Å². The molecule has 0 aliphatic rings. The number of aryl methyl sites for hydroxylation is 2. The molecule has 0 heterocycles. The van der Waals surface area contributed by atoms with Crippen LogP contribution in [0.2, 0.25) is 0 Å². The second kappa shape index (κ2) is 8.74. The number of methoxy groups -OCH3 is 2. The summed E-state index contributed by atoms with van der Waals surface area (Å²) in [6, 6.07) is 10.3. The summed E-state index contributed by atoms with van der Waals surface area (Å²) in [7, 11) is -1.13. The molecular formula is C22H27O5P. The molecule has 0 amide bonds. The van der Waals surface area contributed by atoms with Gasteiger partial charge in [0.25, 0.3) is 0 Å². The molecule has 0 N–H and O–H groups in total. The van der Waals surface area contributed by atoms with Gasteiger partial charge in [0, 0.05) is 11.7 Å². The van der Waals surface area contributed by atoms with Crippen LogP contribution in [0.3, 0.4) is 0 Å². The molecule has 0 aliphatic carbocycles. The maximum absolute atomic E-state index is 14.1. The first-order valence-corrected chi connectivity index (χ1v) is 11.0. The highest BCUT2D eigenvalue weighted by Crippen LogP contribution is 2.56. The molecule has 0 spiro atoms. The summed E-state index contributed by atoms with van der Waals surface area (Å²) in [5, 5.41) is 0. The van der Waals surface area contributed by atoms with Gasteiger partial charge in [-0.1, -0.05) is 38.1 Å². The summed E-state index contributed by atoms with van der Waals surface area (Å²) in [6.45, 7) is 7.26. The number of carbonyl (C=O) groups excluding carboxylic acids is 2. The van der Waals surface area contributed by atoms with Crippen LogP contribution in [0, 0.1) is 19.8 Å². The first-order chi connectivity index (χ1) is 13.2. The second-order valence-corrected chi connectivity index (χ2v) is 9.89. The lowest BCUT2D eigenvalue weighted by Gasteiger charge is -2.22. The minimum Gasteiger partial charge on any atom is -0.496 e. The van der Waals surface area contributed by atoms with Gasteiger partial charge in [-0.3, -0.25) is 9.59 Å². The van der Waals surface area contributed by atoms with Gasteiger partial charge in [0.2, 0.25) is 18.2 Å². The highest BCUT2D eigenvalue weighted by atomic mass is 31.2. The molecule has 0 aromatic heterocycles. The van der Waals surface area contributed by atoms with Gasteiger partial charge < -0.3 is 14.0 Å². The van der Waals surface area contributed by atoms with Gasteiger partial charge >= 0.3 is 0 Å². The monoisotopic (exact) mass is 402 g/mol. The summed E-state index contributed by atoms with van der Waals surface area (Å²) in [4.78, 5) is 27.0. The van der Waals surface area contributed by atoms with Gasteiger partial charge in [0.05, 0.1) is 14.2 Å². The van der Waals surface area contributed by atoms with E-state index in [1.807, 2.05) is 19.9 Å². The van der Waals surface area contributed by atoms with E-state index in [-0.39, 0.29) is 29.1 Å². The minimum absolute atomic E-state index is 0.0142. The van der Waals surface area contributed by atoms with Crippen molar-refractivity contribution in [3.63, 3.8) is 0 Å². The summed E-state index contributed by atoms with van der Waals surface area (Å²) < 4.78 is 24.7. The van der Waals surface area contributed by atoms with Gasteiger partial charge in [-0.2, -0.15) is 0 Å². The van der Waals surface area contributed by atoms with E-state index in [4.69, 9.17) is 9.47 Å². The van der Waals surface area contributed by atoms with Crippen LogP contribution in [0.25, 0.3) is 0 Å². The third-order valence-electron chi connectivity index (χ3n) is 4.62. The Labute approximate surface area is 166 Å². The summed E-state index contributed by atoms with van der Waals surface area (Å²) >= 11 is 0. The first-order valence-electron chi connectivity index (χ1n) is 9.13. The lowest BCUT2D eigenvalue weighted by Crippen LogP contribution is -2.19. The van der Waals surface area contributed by atoms with Gasteiger partial charge in [-0.15, -0.1) is 0 Å². The highest BCUT2D eigenvalue weighted by Gasteiger charge is 2.44. The highest BCUT2D eigenvalue weighted by molar-refractivity contribution is 7.95. The molecule has 0 fully saturated rings. The van der Waals surface area contributed by atoms with Crippen molar-refractivity contribution < 1.29 is 23.6 Å². The standard InChI is InChI=1S/C22H27O5P/c1-14(2)13-28(25,21(23)19-15(3)9-7-10-16(19)4)22(24)20-17(26-5)11-8-12-18(20)27-6/h7-12,14H,13H2,1-6H3. The molecule has 2 aromatic rings. The zero-order valence-corrected chi connectivity index (χ0v) is 18.1. The van der Waals surface area contributed by atoms with Crippen LogP contribution in [0.1, 0.15) is 45.7 Å². The van der Waals surface area contributed by atoms with Crippen molar-refractivity contribution >= 4 is 18.2 Å². The van der Waals surface area contributed by atoms with E-state index in [9.17, 15) is 14.2 Å². The molecule has 5 nitrogen and oxygen atoms in total. The van der Waals surface area contributed by atoms with Crippen molar-refractivity contribution in [2.75, 3.05) is 20.4 Å². The molecule has 1 unspecified atom stereocenters. The van der Waals surface area contributed by atoms with Crippen molar-refractivity contribution in [2.24, 2.45) is 5.92 Å². The Morgan fingerprint density at radius 3 is 1.71 bits per heavy atom. The number of carbonyl (C=O) groups is 2. The molecule has 2 rings (SSSR count). The fourth-order valence-electron chi connectivity index (χ4n) is 3.35. The zero-order valence-electron chi connectivity index (χ0n) is 17.2. The largest absolute Gasteiger partial charge is 0.496 e. The smallest absolute Gasteiger partial charge is 0.236 e. The minimum atomic E-state index is -3.97. The van der Waals surface area contributed by atoms with Gasteiger partial charge in [-0.05, 0) is 43.0 Å². The van der Waals surface area contributed by atoms with E-state index in [2.05, 4.69) is 0 Å². The van der Waals surface area contributed by atoms with E-state index < -0.39 is 18.2 Å². The third kappa shape index (κ3) is 4.05. The fourth-order valence-corrected chi connectivity index (χ4v) is 6.19. The fraction of sp³-hybridized carbons (Fsp3) is 0.364. The molecule has 0 radical (unpaired) electrons. The summed E-state index contributed by atoms with van der Waals surface area (Å²) in [5.41, 5.74) is 0.491. The average Bonchev–Trinajstić information content (AvgIpc) is 2.65. The normalized spacial score (nSPS) is 13.1. The van der Waals surface area contributed by atoms with Gasteiger partial charge in [-0.25, -0.2) is 0 Å². The maximum Gasteiger partial charge on any atom is 0.236 e.